The van der Waals surface area contributed by atoms with Gasteiger partial charge in [-0.3, -0.25) is 0 Å². The molecule has 1 aromatic carbocycles. The molecule has 1 rings (SSSR count). The predicted octanol–water partition coefficient (Wildman–Crippen LogP) is 2.99. The summed E-state index contributed by atoms with van der Waals surface area (Å²) in [5.41, 5.74) is 1.83. The number of urea groups is 1. The van der Waals surface area contributed by atoms with Crippen molar-refractivity contribution in [1.29, 1.82) is 0 Å². The molecule has 0 aromatic heterocycles. The zero-order chi connectivity index (χ0) is 13.5. The van der Waals surface area contributed by atoms with Gasteiger partial charge in [0.2, 0.25) is 0 Å². The molecule has 0 saturated heterocycles. The van der Waals surface area contributed by atoms with Crippen molar-refractivity contribution in [2.45, 2.75) is 20.3 Å². The SMILES string of the molecule is CCCN(CCO)C(=O)Nc1ccc(Br)c(C)c1. The van der Waals surface area contributed by atoms with Crippen molar-refractivity contribution in [3.8, 4) is 0 Å². The molecule has 4 nitrogen and oxygen atoms in total. The Morgan fingerprint density at radius 2 is 2.17 bits per heavy atom. The molecule has 0 saturated carbocycles. The molecule has 0 spiro atoms. The average Bonchev–Trinajstić information content (AvgIpc) is 2.33. The van der Waals surface area contributed by atoms with Gasteiger partial charge in [-0.25, -0.2) is 4.79 Å². The van der Waals surface area contributed by atoms with Crippen molar-refractivity contribution in [3.05, 3.63) is 28.2 Å². The molecule has 0 heterocycles. The molecule has 1 aromatic rings. The van der Waals surface area contributed by atoms with Crippen LogP contribution in [0.25, 0.3) is 0 Å². The summed E-state index contributed by atoms with van der Waals surface area (Å²) < 4.78 is 1.02. The largest absolute Gasteiger partial charge is 0.395 e. The second-order valence-corrected chi connectivity index (χ2v) is 4.96. The van der Waals surface area contributed by atoms with Gasteiger partial charge in [-0.1, -0.05) is 22.9 Å². The summed E-state index contributed by atoms with van der Waals surface area (Å²) in [6.45, 7) is 4.95. The normalized spacial score (nSPS) is 10.2. The molecule has 0 atom stereocenters. The number of hydrogen-bond acceptors (Lipinski definition) is 2. The van der Waals surface area contributed by atoms with Crippen LogP contribution in [-0.2, 0) is 0 Å². The molecule has 0 aliphatic rings. The van der Waals surface area contributed by atoms with Gasteiger partial charge in [0.05, 0.1) is 6.61 Å². The summed E-state index contributed by atoms with van der Waals surface area (Å²) in [6.07, 6.45) is 0.868. The molecule has 100 valence electrons. The van der Waals surface area contributed by atoms with Crippen LogP contribution in [0.15, 0.2) is 22.7 Å². The van der Waals surface area contributed by atoms with Crippen molar-refractivity contribution < 1.29 is 9.90 Å². The average molecular weight is 315 g/mol. The third-order valence-electron chi connectivity index (χ3n) is 2.56. The van der Waals surface area contributed by atoms with Gasteiger partial charge >= 0.3 is 6.03 Å². The number of carbonyl (C=O) groups is 1. The van der Waals surface area contributed by atoms with Crippen molar-refractivity contribution in [3.63, 3.8) is 0 Å². The second kappa shape index (κ2) is 7.38. The predicted molar refractivity (Wildman–Crippen MR) is 76.8 cm³/mol. The minimum atomic E-state index is -0.173. The molecule has 0 aliphatic carbocycles. The van der Waals surface area contributed by atoms with E-state index in [1.165, 1.54) is 0 Å². The third-order valence-corrected chi connectivity index (χ3v) is 3.45. The van der Waals surface area contributed by atoms with Crippen LogP contribution in [0.2, 0.25) is 0 Å². The first-order chi connectivity index (χ1) is 8.58. The van der Waals surface area contributed by atoms with Gasteiger partial charge in [0.25, 0.3) is 0 Å². The first kappa shape index (κ1) is 15.0. The standard InChI is InChI=1S/C13H19BrN2O2/c1-3-6-16(7-8-17)13(18)15-11-4-5-12(14)10(2)9-11/h4-5,9,17H,3,6-8H2,1-2H3,(H,15,18). The van der Waals surface area contributed by atoms with E-state index in [-0.39, 0.29) is 12.6 Å². The molecule has 0 fully saturated rings. The lowest BCUT2D eigenvalue weighted by atomic mass is 10.2. The van der Waals surface area contributed by atoms with E-state index in [1.54, 1.807) is 4.90 Å². The Balaban J connectivity index is 2.69. The maximum Gasteiger partial charge on any atom is 0.321 e. The van der Waals surface area contributed by atoms with E-state index in [2.05, 4.69) is 21.2 Å². The smallest absolute Gasteiger partial charge is 0.321 e. The van der Waals surface area contributed by atoms with E-state index >= 15 is 0 Å². The molecular formula is C13H19BrN2O2. The molecule has 2 amide bonds. The number of aliphatic hydroxyl groups excluding tert-OH is 1. The fraction of sp³-hybridized carbons (Fsp3) is 0.462. The van der Waals surface area contributed by atoms with E-state index in [0.717, 1.165) is 22.1 Å². The number of hydrogen-bond donors (Lipinski definition) is 2. The molecule has 0 bridgehead atoms. The Morgan fingerprint density at radius 1 is 1.44 bits per heavy atom. The first-order valence-electron chi connectivity index (χ1n) is 6.01. The monoisotopic (exact) mass is 314 g/mol. The number of anilines is 1. The van der Waals surface area contributed by atoms with Crippen LogP contribution >= 0.6 is 15.9 Å². The summed E-state index contributed by atoms with van der Waals surface area (Å²) in [7, 11) is 0. The summed E-state index contributed by atoms with van der Waals surface area (Å²) in [5.74, 6) is 0. The van der Waals surface area contributed by atoms with Crippen molar-refractivity contribution in [2.75, 3.05) is 25.0 Å². The van der Waals surface area contributed by atoms with Crippen LogP contribution in [0.5, 0.6) is 0 Å². The molecule has 0 radical (unpaired) electrons. The maximum atomic E-state index is 12.0. The minimum absolute atomic E-state index is 0.0210. The Labute approximate surface area is 116 Å². The van der Waals surface area contributed by atoms with Gasteiger partial charge in [0.1, 0.15) is 0 Å². The zero-order valence-electron chi connectivity index (χ0n) is 10.7. The van der Waals surface area contributed by atoms with Gasteiger partial charge in [0, 0.05) is 23.2 Å². The quantitative estimate of drug-likeness (QED) is 0.877. The van der Waals surface area contributed by atoms with Crippen LogP contribution < -0.4 is 5.32 Å². The number of halogens is 1. The lowest BCUT2D eigenvalue weighted by Crippen LogP contribution is -2.37. The molecule has 2 N–H and O–H groups in total. The molecule has 0 unspecified atom stereocenters. The highest BCUT2D eigenvalue weighted by atomic mass is 79.9. The van der Waals surface area contributed by atoms with E-state index in [4.69, 9.17) is 5.11 Å². The van der Waals surface area contributed by atoms with Gasteiger partial charge in [0.15, 0.2) is 0 Å². The van der Waals surface area contributed by atoms with Gasteiger partial charge in [-0.05, 0) is 37.1 Å². The summed E-state index contributed by atoms with van der Waals surface area (Å²) in [5, 5.41) is 11.8. The van der Waals surface area contributed by atoms with Gasteiger partial charge < -0.3 is 15.3 Å². The van der Waals surface area contributed by atoms with Crippen LogP contribution in [-0.4, -0.2) is 35.7 Å². The highest BCUT2D eigenvalue weighted by Crippen LogP contribution is 2.20. The lowest BCUT2D eigenvalue weighted by Gasteiger charge is -2.21. The van der Waals surface area contributed by atoms with Gasteiger partial charge in [-0.15, -0.1) is 0 Å². The Kier molecular flexibility index (Phi) is 6.15. The second-order valence-electron chi connectivity index (χ2n) is 4.10. The van der Waals surface area contributed by atoms with E-state index in [0.29, 0.717) is 13.1 Å². The van der Waals surface area contributed by atoms with Crippen LogP contribution in [0.3, 0.4) is 0 Å². The Hall–Kier alpha value is -1.07. The fourth-order valence-electron chi connectivity index (χ4n) is 1.63. The highest BCUT2D eigenvalue weighted by Gasteiger charge is 2.12. The Bertz CT molecular complexity index is 404. The number of rotatable bonds is 5. The van der Waals surface area contributed by atoms with Crippen LogP contribution in [0.4, 0.5) is 10.5 Å². The van der Waals surface area contributed by atoms with Crippen molar-refractivity contribution in [2.24, 2.45) is 0 Å². The molecular weight excluding hydrogens is 296 g/mol. The van der Waals surface area contributed by atoms with Crippen molar-refractivity contribution >= 4 is 27.6 Å². The molecule has 18 heavy (non-hydrogen) atoms. The summed E-state index contributed by atoms with van der Waals surface area (Å²) >= 11 is 3.42. The van der Waals surface area contributed by atoms with E-state index < -0.39 is 0 Å². The fourth-order valence-corrected chi connectivity index (χ4v) is 1.88. The highest BCUT2D eigenvalue weighted by molar-refractivity contribution is 9.10. The van der Waals surface area contributed by atoms with Crippen molar-refractivity contribution in [1.82, 2.24) is 4.90 Å². The van der Waals surface area contributed by atoms with Gasteiger partial charge in [-0.2, -0.15) is 0 Å². The summed E-state index contributed by atoms with van der Waals surface area (Å²) in [6, 6.07) is 5.48. The lowest BCUT2D eigenvalue weighted by molar-refractivity contribution is 0.188. The minimum Gasteiger partial charge on any atom is -0.395 e. The van der Waals surface area contributed by atoms with Crippen LogP contribution in [0, 0.1) is 6.92 Å². The number of nitrogens with zero attached hydrogens (tertiary/aromatic N) is 1. The topological polar surface area (TPSA) is 52.6 Å². The number of aliphatic hydroxyl groups is 1. The number of benzene rings is 1. The number of carbonyl (C=O) groups excluding carboxylic acids is 1. The first-order valence-corrected chi connectivity index (χ1v) is 6.80. The third kappa shape index (κ3) is 4.31. The molecule has 5 heteroatoms. The number of nitrogens with one attached hydrogen (secondary N) is 1. The maximum absolute atomic E-state index is 12.0. The number of amides is 2. The number of aryl methyl sites for hydroxylation is 1. The summed E-state index contributed by atoms with van der Waals surface area (Å²) in [4.78, 5) is 13.6. The molecule has 0 aliphatic heterocycles. The van der Waals surface area contributed by atoms with E-state index in [1.807, 2.05) is 32.0 Å². The Morgan fingerprint density at radius 3 is 2.72 bits per heavy atom. The van der Waals surface area contributed by atoms with Crippen LogP contribution in [0.1, 0.15) is 18.9 Å². The van der Waals surface area contributed by atoms with E-state index in [9.17, 15) is 4.79 Å². The zero-order valence-corrected chi connectivity index (χ0v) is 12.3.